The second-order valence-electron chi connectivity index (χ2n) is 13.3. The minimum Gasteiger partial charge on any atom is -0.0622 e. The van der Waals surface area contributed by atoms with Crippen molar-refractivity contribution in [3.63, 3.8) is 0 Å². The van der Waals surface area contributed by atoms with Gasteiger partial charge in [0.15, 0.2) is 0 Å². The number of rotatable bonds is 4. The average Bonchev–Trinajstić information content (AvgIpc) is 3.67. The molecule has 0 radical (unpaired) electrons. The molecule has 0 spiro atoms. The van der Waals surface area contributed by atoms with Gasteiger partial charge in [-0.3, -0.25) is 0 Å². The van der Waals surface area contributed by atoms with Crippen LogP contribution in [0.5, 0.6) is 0 Å². The van der Waals surface area contributed by atoms with Gasteiger partial charge in [0.1, 0.15) is 0 Å². The first-order chi connectivity index (χ1) is 24.8. The SMILES string of the molecule is C(=C1c2cc(-c3ccccc3)ccc2-c2c1ccc1c3c(ccc21)C(=Cc1ccccc1)c1cc(-c2ccccc2)ccc1-3)c1ccccc1. The summed E-state index contributed by atoms with van der Waals surface area (Å²) in [4.78, 5) is 0. The van der Waals surface area contributed by atoms with Gasteiger partial charge in [0.05, 0.1) is 0 Å². The van der Waals surface area contributed by atoms with Gasteiger partial charge in [-0.1, -0.05) is 170 Å². The first kappa shape index (κ1) is 28.5. The van der Waals surface area contributed by atoms with Gasteiger partial charge in [-0.15, -0.1) is 0 Å². The van der Waals surface area contributed by atoms with Crippen LogP contribution >= 0.6 is 0 Å². The van der Waals surface area contributed by atoms with Gasteiger partial charge in [0, 0.05) is 0 Å². The second kappa shape index (κ2) is 11.6. The van der Waals surface area contributed by atoms with Crippen molar-refractivity contribution in [3.05, 3.63) is 215 Å². The molecular formula is C50H32. The standard InChI is InChI=1S/C50H32/c1-5-13-33(14-6-1)29-45-43-27-25-40-39(49(43)41-23-21-37(31-47(41)45)35-17-9-3-10-18-35)26-28-44-46(30-34-15-7-2-8-16-34)48-32-38(22-24-42(48)50(40)44)36-19-11-4-12-20-36/h1-32H. The molecule has 2 aliphatic carbocycles. The van der Waals surface area contributed by atoms with E-state index >= 15 is 0 Å². The van der Waals surface area contributed by atoms with E-state index in [1.165, 1.54) is 99.8 Å². The Bertz CT molecular complexity index is 2450. The Hall–Kier alpha value is -6.50. The molecule has 0 unspecified atom stereocenters. The third-order valence-electron chi connectivity index (χ3n) is 10.4. The van der Waals surface area contributed by atoms with Crippen molar-refractivity contribution in [1.29, 1.82) is 0 Å². The van der Waals surface area contributed by atoms with Crippen LogP contribution in [0.2, 0.25) is 0 Å². The van der Waals surface area contributed by atoms with Crippen molar-refractivity contribution in [1.82, 2.24) is 0 Å². The Balaban J connectivity index is 1.22. The van der Waals surface area contributed by atoms with Crippen LogP contribution in [0.25, 0.3) is 78.6 Å². The highest BCUT2D eigenvalue weighted by Crippen LogP contribution is 2.54. The molecule has 0 heterocycles. The summed E-state index contributed by atoms with van der Waals surface area (Å²) in [5.74, 6) is 0. The Morgan fingerprint density at radius 1 is 0.260 bits per heavy atom. The molecule has 8 aromatic carbocycles. The summed E-state index contributed by atoms with van der Waals surface area (Å²) in [5.41, 5.74) is 20.3. The summed E-state index contributed by atoms with van der Waals surface area (Å²) in [5, 5.41) is 2.59. The van der Waals surface area contributed by atoms with Crippen molar-refractivity contribution in [2.45, 2.75) is 0 Å². The van der Waals surface area contributed by atoms with Crippen molar-refractivity contribution < 1.29 is 0 Å². The zero-order chi connectivity index (χ0) is 33.0. The van der Waals surface area contributed by atoms with E-state index < -0.39 is 0 Å². The van der Waals surface area contributed by atoms with E-state index in [0.29, 0.717) is 0 Å². The molecule has 0 fully saturated rings. The Kier molecular flexibility index (Phi) is 6.60. The number of hydrogen-bond acceptors (Lipinski definition) is 0. The molecule has 0 amide bonds. The van der Waals surface area contributed by atoms with Crippen LogP contribution in [-0.4, -0.2) is 0 Å². The van der Waals surface area contributed by atoms with E-state index in [1.807, 2.05) is 0 Å². The zero-order valence-corrected chi connectivity index (χ0v) is 27.5. The van der Waals surface area contributed by atoms with Gasteiger partial charge < -0.3 is 0 Å². The molecule has 50 heavy (non-hydrogen) atoms. The van der Waals surface area contributed by atoms with E-state index in [4.69, 9.17) is 0 Å². The predicted molar refractivity (Wildman–Crippen MR) is 213 cm³/mol. The van der Waals surface area contributed by atoms with Crippen molar-refractivity contribution in [2.75, 3.05) is 0 Å². The lowest BCUT2D eigenvalue weighted by atomic mass is 9.91. The summed E-state index contributed by atoms with van der Waals surface area (Å²) in [6, 6.07) is 66.4. The maximum absolute atomic E-state index is 2.39. The lowest BCUT2D eigenvalue weighted by molar-refractivity contribution is 1.60. The fourth-order valence-corrected chi connectivity index (χ4v) is 8.06. The lowest BCUT2D eigenvalue weighted by Crippen LogP contribution is -1.88. The number of fused-ring (bicyclic) bond motifs is 9. The molecule has 0 nitrogen and oxygen atoms in total. The molecule has 0 aromatic heterocycles. The molecule has 0 saturated carbocycles. The van der Waals surface area contributed by atoms with Crippen LogP contribution in [0.1, 0.15) is 33.4 Å². The number of hydrogen-bond donors (Lipinski definition) is 0. The van der Waals surface area contributed by atoms with Gasteiger partial charge in [0.2, 0.25) is 0 Å². The third-order valence-corrected chi connectivity index (χ3v) is 10.4. The summed E-state index contributed by atoms with van der Waals surface area (Å²) in [6.07, 6.45) is 4.72. The maximum Gasteiger partial charge on any atom is -0.00201 e. The monoisotopic (exact) mass is 632 g/mol. The highest BCUT2D eigenvalue weighted by Gasteiger charge is 2.30. The van der Waals surface area contributed by atoms with Crippen LogP contribution in [0, 0.1) is 0 Å². The van der Waals surface area contributed by atoms with E-state index in [0.717, 1.165) is 0 Å². The highest BCUT2D eigenvalue weighted by atomic mass is 14.3. The van der Waals surface area contributed by atoms with E-state index in [1.54, 1.807) is 0 Å². The second-order valence-corrected chi connectivity index (χ2v) is 13.3. The normalized spacial score (nSPS) is 14.1. The number of benzene rings is 8. The topological polar surface area (TPSA) is 0 Å². The quantitative estimate of drug-likeness (QED) is 0.181. The Labute approximate surface area is 293 Å². The molecule has 0 heteroatoms. The van der Waals surface area contributed by atoms with E-state index in [9.17, 15) is 0 Å². The molecule has 0 aliphatic heterocycles. The maximum atomic E-state index is 2.39. The van der Waals surface area contributed by atoms with E-state index in [2.05, 4.69) is 194 Å². The smallest absolute Gasteiger partial charge is 0.00201 e. The first-order valence-electron chi connectivity index (χ1n) is 17.3. The predicted octanol–water partition coefficient (Wildman–Crippen LogP) is 13.3. The van der Waals surface area contributed by atoms with Gasteiger partial charge in [-0.2, -0.15) is 0 Å². The molecule has 2 aliphatic rings. The Morgan fingerprint density at radius 2 is 0.620 bits per heavy atom. The van der Waals surface area contributed by atoms with Crippen molar-refractivity contribution >= 4 is 34.1 Å². The lowest BCUT2D eigenvalue weighted by Gasteiger charge is -2.12. The minimum absolute atomic E-state index is 1.21. The first-order valence-corrected chi connectivity index (χ1v) is 17.3. The summed E-state index contributed by atoms with van der Waals surface area (Å²) in [7, 11) is 0. The largest absolute Gasteiger partial charge is 0.0622 e. The molecule has 0 saturated heterocycles. The van der Waals surface area contributed by atoms with Gasteiger partial charge in [-0.25, -0.2) is 0 Å². The zero-order valence-electron chi connectivity index (χ0n) is 27.5. The molecular weight excluding hydrogens is 601 g/mol. The average molecular weight is 633 g/mol. The highest BCUT2D eigenvalue weighted by molar-refractivity contribution is 6.21. The summed E-state index contributed by atoms with van der Waals surface area (Å²) in [6.45, 7) is 0. The van der Waals surface area contributed by atoms with Gasteiger partial charge in [-0.05, 0) is 124 Å². The summed E-state index contributed by atoms with van der Waals surface area (Å²) < 4.78 is 0. The molecule has 232 valence electrons. The van der Waals surface area contributed by atoms with Gasteiger partial charge in [0.25, 0.3) is 0 Å². The van der Waals surface area contributed by atoms with Crippen LogP contribution in [0.15, 0.2) is 182 Å². The van der Waals surface area contributed by atoms with Crippen LogP contribution < -0.4 is 0 Å². The molecule has 0 N–H and O–H groups in total. The molecule has 0 bridgehead atoms. The molecule has 0 atom stereocenters. The van der Waals surface area contributed by atoms with Crippen LogP contribution in [0.4, 0.5) is 0 Å². The molecule has 10 rings (SSSR count). The van der Waals surface area contributed by atoms with Crippen molar-refractivity contribution in [3.8, 4) is 44.5 Å². The third kappa shape index (κ3) is 4.61. The van der Waals surface area contributed by atoms with Crippen LogP contribution in [-0.2, 0) is 0 Å². The molecule has 8 aromatic rings. The van der Waals surface area contributed by atoms with Crippen LogP contribution in [0.3, 0.4) is 0 Å². The minimum atomic E-state index is 1.21. The fourth-order valence-electron chi connectivity index (χ4n) is 8.06. The van der Waals surface area contributed by atoms with E-state index in [-0.39, 0.29) is 0 Å². The van der Waals surface area contributed by atoms with Crippen molar-refractivity contribution in [2.24, 2.45) is 0 Å². The summed E-state index contributed by atoms with van der Waals surface area (Å²) >= 11 is 0. The van der Waals surface area contributed by atoms with Gasteiger partial charge >= 0.3 is 0 Å². The Morgan fingerprint density at radius 3 is 1.02 bits per heavy atom. The fraction of sp³-hybridized carbons (Fsp3) is 0.